The number of carbonyl (C=O) groups excluding carboxylic acids is 2. The smallest absolute Gasteiger partial charge is 0.338 e. The van der Waals surface area contributed by atoms with Crippen LogP contribution in [0.15, 0.2) is 85.2 Å². The van der Waals surface area contributed by atoms with E-state index in [0.717, 1.165) is 50.0 Å². The Labute approximate surface area is 315 Å². The molecular formula is C41H46Cl2N3O6+. The van der Waals surface area contributed by atoms with Crippen molar-refractivity contribution in [3.05, 3.63) is 123 Å². The van der Waals surface area contributed by atoms with Crippen LogP contribution >= 0.6 is 23.2 Å². The van der Waals surface area contributed by atoms with E-state index < -0.39 is 18.1 Å². The maximum absolute atomic E-state index is 13.5. The van der Waals surface area contributed by atoms with Gasteiger partial charge in [0.25, 0.3) is 0 Å². The van der Waals surface area contributed by atoms with Crippen molar-refractivity contribution < 1.29 is 33.5 Å². The lowest BCUT2D eigenvalue weighted by molar-refractivity contribution is -0.377. The fraction of sp³-hybridized carbons (Fsp3) is 0.390. The van der Waals surface area contributed by atoms with Crippen LogP contribution in [0, 0.1) is 5.92 Å². The van der Waals surface area contributed by atoms with E-state index in [1.165, 1.54) is 12.8 Å². The molecule has 0 saturated carbocycles. The van der Waals surface area contributed by atoms with Crippen LogP contribution in [0.5, 0.6) is 11.5 Å². The topological polar surface area (TPSA) is 100 Å². The van der Waals surface area contributed by atoms with Crippen molar-refractivity contribution in [3.8, 4) is 11.5 Å². The number of methoxy groups -OCH3 is 2. The average molecular weight is 748 g/mol. The first kappa shape index (κ1) is 37.6. The van der Waals surface area contributed by atoms with Crippen LogP contribution in [0.25, 0.3) is 0 Å². The summed E-state index contributed by atoms with van der Waals surface area (Å²) < 4.78 is 23.1. The summed E-state index contributed by atoms with van der Waals surface area (Å²) in [5.41, 5.74) is 3.73. The van der Waals surface area contributed by atoms with Crippen molar-refractivity contribution in [2.45, 2.75) is 56.8 Å². The van der Waals surface area contributed by atoms with Gasteiger partial charge in [0.05, 0.1) is 19.8 Å². The second-order valence-corrected chi connectivity index (χ2v) is 14.3. The van der Waals surface area contributed by atoms with Crippen LogP contribution in [0.2, 0.25) is 10.0 Å². The first-order valence-electron chi connectivity index (χ1n) is 17.9. The molecule has 3 aromatic carbocycles. The van der Waals surface area contributed by atoms with Crippen LogP contribution in [0.1, 0.15) is 70.4 Å². The lowest BCUT2D eigenvalue weighted by atomic mass is 9.88. The molecule has 6 rings (SSSR count). The monoisotopic (exact) mass is 746 g/mol. The number of fused-ring (bicyclic) bond motifs is 2. The van der Waals surface area contributed by atoms with Crippen molar-refractivity contribution in [2.75, 3.05) is 40.4 Å². The van der Waals surface area contributed by atoms with Crippen LogP contribution in [0.4, 0.5) is 0 Å². The van der Waals surface area contributed by atoms with Crippen molar-refractivity contribution in [1.82, 2.24) is 10.2 Å². The second kappa shape index (κ2) is 18.1. The normalized spacial score (nSPS) is 19.3. The fourth-order valence-electron chi connectivity index (χ4n) is 7.23. The van der Waals surface area contributed by atoms with Crippen LogP contribution in [0.3, 0.4) is 0 Å². The Kier molecular flexibility index (Phi) is 13.1. The Morgan fingerprint density at radius 1 is 0.923 bits per heavy atom. The Morgan fingerprint density at radius 3 is 2.38 bits per heavy atom. The Balaban J connectivity index is 1.06. The quantitative estimate of drug-likeness (QED) is 0.100. The summed E-state index contributed by atoms with van der Waals surface area (Å²) >= 11 is 13.0. The summed E-state index contributed by atoms with van der Waals surface area (Å²) in [6, 6.07) is 22.0. The summed E-state index contributed by atoms with van der Waals surface area (Å²) in [4.78, 5) is 32.3. The maximum Gasteiger partial charge on any atom is 0.338 e. The molecule has 274 valence electrons. The molecule has 1 aromatic heterocycles. The van der Waals surface area contributed by atoms with Gasteiger partial charge in [0, 0.05) is 25.1 Å². The molecule has 2 saturated heterocycles. The minimum absolute atomic E-state index is 0.0633. The number of nitrogens with one attached hydrogen (secondary N) is 2. The van der Waals surface area contributed by atoms with Gasteiger partial charge < -0.3 is 24.3 Å². The molecule has 2 N–H and O–H groups in total. The SMILES string of the molecule is COc1ccc([C@H](Cc2c(Cl)c[nH+]cc2Cl)OC(=O)c2ccc(CCCNC(C(=O)O[C@@H]3CC4CCCN(C4)C3)c3ccccc3)cc2)cc1OC. The summed E-state index contributed by atoms with van der Waals surface area (Å²) in [7, 11) is 3.12. The highest BCUT2D eigenvalue weighted by Crippen LogP contribution is 2.35. The van der Waals surface area contributed by atoms with Gasteiger partial charge in [0.1, 0.15) is 28.3 Å². The van der Waals surface area contributed by atoms with E-state index in [1.807, 2.05) is 48.5 Å². The third-order valence-corrected chi connectivity index (χ3v) is 10.6. The zero-order valence-electron chi connectivity index (χ0n) is 29.6. The van der Waals surface area contributed by atoms with Crippen LogP contribution in [-0.4, -0.2) is 63.3 Å². The third-order valence-electron chi connectivity index (χ3n) is 9.91. The van der Waals surface area contributed by atoms with E-state index >= 15 is 0 Å². The van der Waals surface area contributed by atoms with Gasteiger partial charge in [0.2, 0.25) is 0 Å². The van der Waals surface area contributed by atoms with Crippen LogP contribution < -0.4 is 19.8 Å². The Hall–Kier alpha value is -4.15. The number of aromatic amines is 1. The van der Waals surface area contributed by atoms with Gasteiger partial charge in [-0.05, 0) is 92.1 Å². The number of hydrogen-bond acceptors (Lipinski definition) is 8. The van der Waals surface area contributed by atoms with Crippen molar-refractivity contribution in [1.29, 1.82) is 0 Å². The molecule has 52 heavy (non-hydrogen) atoms. The predicted molar refractivity (Wildman–Crippen MR) is 200 cm³/mol. The highest BCUT2D eigenvalue weighted by Gasteiger charge is 2.34. The number of aryl methyl sites for hydroxylation is 1. The molecule has 2 fully saturated rings. The van der Waals surface area contributed by atoms with Gasteiger partial charge >= 0.3 is 11.9 Å². The highest BCUT2D eigenvalue weighted by atomic mass is 35.5. The van der Waals surface area contributed by atoms with E-state index in [4.69, 9.17) is 42.1 Å². The Bertz CT molecular complexity index is 1780. The molecule has 0 aliphatic carbocycles. The number of aromatic nitrogens is 1. The molecule has 2 aliphatic rings. The summed E-state index contributed by atoms with van der Waals surface area (Å²) in [6.07, 6.45) is 7.68. The van der Waals surface area contributed by atoms with E-state index in [9.17, 15) is 9.59 Å². The maximum atomic E-state index is 13.5. The lowest BCUT2D eigenvalue weighted by Crippen LogP contribution is -2.48. The van der Waals surface area contributed by atoms with Gasteiger partial charge in [-0.3, -0.25) is 4.90 Å². The van der Waals surface area contributed by atoms with Gasteiger partial charge in [-0.15, -0.1) is 0 Å². The van der Waals surface area contributed by atoms with E-state index in [2.05, 4.69) is 15.2 Å². The minimum Gasteiger partial charge on any atom is -0.493 e. The molecule has 3 heterocycles. The van der Waals surface area contributed by atoms with E-state index in [1.54, 1.807) is 50.9 Å². The number of carbonyl (C=O) groups is 2. The average Bonchev–Trinajstić information content (AvgIpc) is 3.16. The summed E-state index contributed by atoms with van der Waals surface area (Å²) in [5.74, 6) is 0.979. The van der Waals surface area contributed by atoms with Gasteiger partial charge in [-0.1, -0.05) is 71.7 Å². The molecule has 0 amide bonds. The third kappa shape index (κ3) is 9.63. The number of esters is 2. The molecule has 4 aromatic rings. The fourth-order valence-corrected chi connectivity index (χ4v) is 7.76. The van der Waals surface area contributed by atoms with Crippen LogP contribution in [-0.2, 0) is 27.1 Å². The number of hydrogen-bond donors (Lipinski definition) is 1. The molecule has 5 atom stereocenters. The first-order chi connectivity index (χ1) is 25.3. The van der Waals surface area contributed by atoms with E-state index in [0.29, 0.717) is 50.7 Å². The number of H-pyrrole nitrogens is 1. The molecule has 2 aliphatic heterocycles. The lowest BCUT2D eigenvalue weighted by Gasteiger charge is -2.41. The highest BCUT2D eigenvalue weighted by molar-refractivity contribution is 6.35. The van der Waals surface area contributed by atoms with Gasteiger partial charge in [0.15, 0.2) is 23.9 Å². The standard InChI is InChI=1S/C41H45Cl2N3O6/c1-49-36-17-16-31(21-38(36)50-2)37(22-33-34(42)23-44-24-35(33)43)52-40(47)30-14-12-27(13-15-30)8-6-18-45-39(29-10-4-3-5-11-29)41(48)51-32-20-28-9-7-19-46(25-28)26-32/h3-5,10-17,21,23-24,28,32,37,39,45H,6-9,18-20,22,25-26H2,1-2H3/p+1/t28?,32-,37+,39?/m1/s1. The van der Waals surface area contributed by atoms with Crippen molar-refractivity contribution in [3.63, 3.8) is 0 Å². The Morgan fingerprint density at radius 2 is 1.67 bits per heavy atom. The van der Waals surface area contributed by atoms with E-state index in [-0.39, 0.29) is 18.5 Å². The number of benzene rings is 3. The molecule has 3 unspecified atom stereocenters. The minimum atomic E-state index is -0.713. The van der Waals surface area contributed by atoms with Crippen molar-refractivity contribution in [2.24, 2.45) is 5.92 Å². The van der Waals surface area contributed by atoms with Gasteiger partial charge in [-0.25, -0.2) is 14.6 Å². The van der Waals surface area contributed by atoms with Crippen molar-refractivity contribution >= 4 is 35.1 Å². The second-order valence-electron chi connectivity index (χ2n) is 13.5. The summed E-state index contributed by atoms with van der Waals surface area (Å²) in [6.45, 7) is 3.64. The zero-order chi connectivity index (χ0) is 36.5. The molecule has 9 nitrogen and oxygen atoms in total. The number of nitrogens with zero attached hydrogens (tertiary/aromatic N) is 1. The number of pyridine rings is 1. The predicted octanol–water partition coefficient (Wildman–Crippen LogP) is 7.26. The number of ether oxygens (including phenoxy) is 4. The summed E-state index contributed by atoms with van der Waals surface area (Å²) in [5, 5.41) is 4.33. The van der Waals surface area contributed by atoms with Gasteiger partial charge in [-0.2, -0.15) is 0 Å². The molecular weight excluding hydrogens is 701 g/mol. The zero-order valence-corrected chi connectivity index (χ0v) is 31.1. The number of rotatable bonds is 15. The first-order valence-corrected chi connectivity index (χ1v) is 18.6. The largest absolute Gasteiger partial charge is 0.493 e. The molecule has 0 radical (unpaired) electrons. The molecule has 0 spiro atoms. The molecule has 11 heteroatoms. The number of halogens is 2. The number of piperidine rings is 2. The molecule has 2 bridgehead atoms.